The van der Waals surface area contributed by atoms with Crippen LogP contribution in [0.4, 0.5) is 5.69 Å². The van der Waals surface area contributed by atoms with Gasteiger partial charge in [-0.05, 0) is 63.8 Å². The zero-order valence-corrected chi connectivity index (χ0v) is 17.4. The summed E-state index contributed by atoms with van der Waals surface area (Å²) in [5, 5.41) is 12.2. The molecule has 0 aliphatic heterocycles. The highest BCUT2D eigenvalue weighted by atomic mass is 79.9. The van der Waals surface area contributed by atoms with Crippen molar-refractivity contribution >= 4 is 33.6 Å². The van der Waals surface area contributed by atoms with Crippen LogP contribution in [0.5, 0.6) is 5.75 Å². The minimum atomic E-state index is -0.442. The predicted molar refractivity (Wildman–Crippen MR) is 118 cm³/mol. The van der Waals surface area contributed by atoms with Crippen LogP contribution in [0.25, 0.3) is 6.08 Å². The molecular formula is C24H19BrN2O2. The summed E-state index contributed by atoms with van der Waals surface area (Å²) in [4.78, 5) is 12.5. The Hall–Kier alpha value is -3.36. The lowest BCUT2D eigenvalue weighted by molar-refractivity contribution is -0.112. The van der Waals surface area contributed by atoms with Gasteiger partial charge in [-0.25, -0.2) is 0 Å². The molecule has 0 unspecified atom stereocenters. The summed E-state index contributed by atoms with van der Waals surface area (Å²) in [5.74, 6) is 0.246. The van der Waals surface area contributed by atoms with Gasteiger partial charge in [0.15, 0.2) is 0 Å². The molecule has 0 aliphatic rings. The number of hydrogen-bond donors (Lipinski definition) is 1. The highest BCUT2D eigenvalue weighted by Crippen LogP contribution is 2.28. The number of amides is 1. The molecule has 0 saturated heterocycles. The number of aryl methyl sites for hydroxylation is 1. The molecule has 0 heterocycles. The zero-order valence-electron chi connectivity index (χ0n) is 15.9. The highest BCUT2D eigenvalue weighted by molar-refractivity contribution is 9.10. The second kappa shape index (κ2) is 9.72. The maximum absolute atomic E-state index is 12.5. The van der Waals surface area contributed by atoms with Crippen LogP contribution in [-0.2, 0) is 11.4 Å². The molecule has 3 aromatic carbocycles. The Kier molecular flexibility index (Phi) is 6.83. The molecule has 0 radical (unpaired) electrons. The van der Waals surface area contributed by atoms with E-state index in [-0.39, 0.29) is 5.57 Å². The average Bonchev–Trinajstić information content (AvgIpc) is 2.73. The van der Waals surface area contributed by atoms with Crippen molar-refractivity contribution in [1.82, 2.24) is 0 Å². The molecule has 0 saturated carbocycles. The lowest BCUT2D eigenvalue weighted by Crippen LogP contribution is -2.14. The van der Waals surface area contributed by atoms with E-state index in [0.29, 0.717) is 18.0 Å². The van der Waals surface area contributed by atoms with Crippen molar-refractivity contribution < 1.29 is 9.53 Å². The Balaban J connectivity index is 1.72. The molecule has 3 aromatic rings. The fourth-order valence-corrected chi connectivity index (χ4v) is 3.19. The number of halogens is 1. The first-order chi connectivity index (χ1) is 14.1. The molecule has 1 N–H and O–H groups in total. The fraction of sp³-hybridized carbons (Fsp3) is 0.0833. The van der Waals surface area contributed by atoms with Crippen molar-refractivity contribution in [2.45, 2.75) is 13.5 Å². The zero-order chi connectivity index (χ0) is 20.6. The minimum Gasteiger partial charge on any atom is -0.488 e. The van der Waals surface area contributed by atoms with Gasteiger partial charge < -0.3 is 10.1 Å². The molecular weight excluding hydrogens is 428 g/mol. The van der Waals surface area contributed by atoms with Crippen LogP contribution < -0.4 is 10.1 Å². The van der Waals surface area contributed by atoms with E-state index < -0.39 is 5.91 Å². The summed E-state index contributed by atoms with van der Waals surface area (Å²) in [6, 6.07) is 24.7. The van der Waals surface area contributed by atoms with Crippen LogP contribution in [0, 0.1) is 18.3 Å². The molecule has 1 amide bonds. The smallest absolute Gasteiger partial charge is 0.266 e. The third-order valence-corrected chi connectivity index (χ3v) is 4.88. The average molecular weight is 447 g/mol. The lowest BCUT2D eigenvalue weighted by Gasteiger charge is -2.09. The van der Waals surface area contributed by atoms with Crippen molar-refractivity contribution in [2.24, 2.45) is 0 Å². The summed E-state index contributed by atoms with van der Waals surface area (Å²) in [6.07, 6.45) is 1.55. The molecule has 5 heteroatoms. The van der Waals surface area contributed by atoms with Crippen LogP contribution in [0.15, 0.2) is 82.8 Å². The number of carbonyl (C=O) groups is 1. The molecule has 0 fully saturated rings. The van der Waals surface area contributed by atoms with Gasteiger partial charge >= 0.3 is 0 Å². The Bertz CT molecular complexity index is 1090. The maximum Gasteiger partial charge on any atom is 0.266 e. The van der Waals surface area contributed by atoms with E-state index in [4.69, 9.17) is 4.74 Å². The van der Waals surface area contributed by atoms with Crippen LogP contribution in [0.2, 0.25) is 0 Å². The normalized spacial score (nSPS) is 10.9. The van der Waals surface area contributed by atoms with Gasteiger partial charge in [0.1, 0.15) is 24.0 Å². The van der Waals surface area contributed by atoms with Gasteiger partial charge in [-0.15, -0.1) is 0 Å². The number of anilines is 1. The summed E-state index contributed by atoms with van der Waals surface area (Å²) in [7, 11) is 0. The van der Waals surface area contributed by atoms with Gasteiger partial charge in [0.05, 0.1) is 4.47 Å². The molecule has 3 rings (SSSR count). The highest BCUT2D eigenvalue weighted by Gasteiger charge is 2.11. The van der Waals surface area contributed by atoms with Crippen LogP contribution in [-0.4, -0.2) is 5.91 Å². The Morgan fingerprint density at radius 2 is 1.83 bits per heavy atom. The number of nitrogens with zero attached hydrogens (tertiary/aromatic N) is 1. The molecule has 4 nitrogen and oxygen atoms in total. The van der Waals surface area contributed by atoms with E-state index in [1.165, 1.54) is 0 Å². The number of rotatable bonds is 6. The number of hydrogen-bond acceptors (Lipinski definition) is 3. The number of benzene rings is 3. The number of carbonyl (C=O) groups excluding carboxylic acids is 1. The number of para-hydroxylation sites is 1. The van der Waals surface area contributed by atoms with Crippen LogP contribution >= 0.6 is 15.9 Å². The summed E-state index contributed by atoms with van der Waals surface area (Å²) in [5.41, 5.74) is 3.44. The van der Waals surface area contributed by atoms with Crippen molar-refractivity contribution in [1.29, 1.82) is 5.26 Å². The monoisotopic (exact) mass is 446 g/mol. The fourth-order valence-electron chi connectivity index (χ4n) is 2.68. The maximum atomic E-state index is 12.5. The molecule has 0 aromatic heterocycles. The van der Waals surface area contributed by atoms with Gasteiger partial charge in [-0.3, -0.25) is 4.79 Å². The van der Waals surface area contributed by atoms with E-state index in [1.807, 2.05) is 79.7 Å². The topological polar surface area (TPSA) is 62.1 Å². The summed E-state index contributed by atoms with van der Waals surface area (Å²) >= 11 is 3.50. The van der Waals surface area contributed by atoms with E-state index in [2.05, 4.69) is 21.2 Å². The summed E-state index contributed by atoms with van der Waals surface area (Å²) < 4.78 is 6.59. The van der Waals surface area contributed by atoms with Gasteiger partial charge in [-0.2, -0.15) is 5.26 Å². The van der Waals surface area contributed by atoms with Crippen molar-refractivity contribution in [3.05, 3.63) is 99.5 Å². The quantitative estimate of drug-likeness (QED) is 0.379. The van der Waals surface area contributed by atoms with Gasteiger partial charge in [0.2, 0.25) is 0 Å². The van der Waals surface area contributed by atoms with E-state index in [0.717, 1.165) is 21.2 Å². The number of nitriles is 1. The van der Waals surface area contributed by atoms with Crippen molar-refractivity contribution in [3.63, 3.8) is 0 Å². The minimum absolute atomic E-state index is 0.0260. The lowest BCUT2D eigenvalue weighted by atomic mass is 10.1. The number of nitrogens with one attached hydrogen (secondary N) is 1. The standard InChI is InChI=1S/C24H19BrN2O2/c1-17-7-5-6-10-22(17)27-24(28)20(15-26)13-19-11-12-23(21(25)14-19)29-16-18-8-3-2-4-9-18/h2-14H,16H2,1H3,(H,27,28)/b20-13-. The largest absolute Gasteiger partial charge is 0.488 e. The van der Waals surface area contributed by atoms with Crippen LogP contribution in [0.1, 0.15) is 16.7 Å². The summed E-state index contributed by atoms with van der Waals surface area (Å²) in [6.45, 7) is 2.35. The predicted octanol–water partition coefficient (Wildman–Crippen LogP) is 5.88. The first-order valence-corrected chi connectivity index (χ1v) is 9.81. The van der Waals surface area contributed by atoms with Gasteiger partial charge in [0, 0.05) is 5.69 Å². The molecule has 144 valence electrons. The van der Waals surface area contributed by atoms with Gasteiger partial charge in [0.25, 0.3) is 5.91 Å². The SMILES string of the molecule is Cc1ccccc1NC(=O)/C(C#N)=C\c1ccc(OCc2ccccc2)c(Br)c1. The molecule has 0 atom stereocenters. The molecule has 0 aliphatic carbocycles. The first-order valence-electron chi connectivity index (χ1n) is 9.02. The van der Waals surface area contributed by atoms with Crippen LogP contribution in [0.3, 0.4) is 0 Å². The number of ether oxygens (including phenoxy) is 1. The Labute approximate surface area is 178 Å². The van der Waals surface area contributed by atoms with E-state index in [1.54, 1.807) is 12.1 Å². The second-order valence-electron chi connectivity index (χ2n) is 6.40. The van der Waals surface area contributed by atoms with Crippen molar-refractivity contribution in [3.8, 4) is 11.8 Å². The van der Waals surface area contributed by atoms with Gasteiger partial charge in [-0.1, -0.05) is 54.6 Å². The third-order valence-electron chi connectivity index (χ3n) is 4.26. The second-order valence-corrected chi connectivity index (χ2v) is 7.26. The Morgan fingerprint density at radius 1 is 1.10 bits per heavy atom. The molecule has 0 spiro atoms. The van der Waals surface area contributed by atoms with Crippen molar-refractivity contribution in [2.75, 3.05) is 5.32 Å². The van der Waals surface area contributed by atoms with E-state index >= 15 is 0 Å². The molecule has 0 bridgehead atoms. The Morgan fingerprint density at radius 3 is 2.52 bits per heavy atom. The van der Waals surface area contributed by atoms with E-state index in [9.17, 15) is 10.1 Å². The third kappa shape index (κ3) is 5.56. The first kappa shape index (κ1) is 20.4. The molecule has 29 heavy (non-hydrogen) atoms.